The summed E-state index contributed by atoms with van der Waals surface area (Å²) in [6.45, 7) is 3.36. The van der Waals surface area contributed by atoms with E-state index in [0.717, 1.165) is 38.9 Å². The predicted molar refractivity (Wildman–Crippen MR) is 53.0 cm³/mol. The van der Waals surface area contributed by atoms with E-state index in [4.69, 9.17) is 4.74 Å². The van der Waals surface area contributed by atoms with Gasteiger partial charge in [0, 0.05) is 26.7 Å². The van der Waals surface area contributed by atoms with Crippen LogP contribution >= 0.6 is 0 Å². The van der Waals surface area contributed by atoms with E-state index in [9.17, 15) is 4.79 Å². The van der Waals surface area contributed by atoms with Gasteiger partial charge in [-0.25, -0.2) is 0 Å². The van der Waals surface area contributed by atoms with Gasteiger partial charge >= 0.3 is 0 Å². The van der Waals surface area contributed by atoms with E-state index in [1.54, 1.807) is 7.11 Å². The molecule has 0 saturated carbocycles. The van der Waals surface area contributed by atoms with Crippen LogP contribution in [0.5, 0.6) is 0 Å². The van der Waals surface area contributed by atoms with Gasteiger partial charge in [0.25, 0.3) is 5.91 Å². The van der Waals surface area contributed by atoms with Crippen molar-refractivity contribution in [1.29, 1.82) is 0 Å². The van der Waals surface area contributed by atoms with Gasteiger partial charge in [0.05, 0.1) is 0 Å². The van der Waals surface area contributed by atoms with Crippen LogP contribution in [-0.4, -0.2) is 49.7 Å². The molecule has 0 spiro atoms. The number of carbonyl (C=O) groups is 1. The molecule has 0 aromatic rings. The minimum absolute atomic E-state index is 0.183. The van der Waals surface area contributed by atoms with Gasteiger partial charge < -0.3 is 15.0 Å². The summed E-state index contributed by atoms with van der Waals surface area (Å²) < 4.78 is 5.42. The summed E-state index contributed by atoms with van der Waals surface area (Å²) in [7, 11) is 1.64. The van der Waals surface area contributed by atoms with Gasteiger partial charge in [-0.2, -0.15) is 0 Å². The number of likely N-dealkylation sites (tertiary alicyclic amines) is 1. The molecule has 1 amide bonds. The van der Waals surface area contributed by atoms with Crippen molar-refractivity contribution in [3.05, 3.63) is 0 Å². The lowest BCUT2D eigenvalue weighted by Crippen LogP contribution is -2.50. The minimum atomic E-state index is -0.565. The van der Waals surface area contributed by atoms with Crippen molar-refractivity contribution in [2.75, 3.05) is 33.3 Å². The fourth-order valence-electron chi connectivity index (χ4n) is 2.32. The largest absolute Gasteiger partial charge is 0.367 e. The molecule has 2 aliphatic rings. The van der Waals surface area contributed by atoms with Crippen LogP contribution in [0.2, 0.25) is 0 Å². The Morgan fingerprint density at radius 3 is 2.64 bits per heavy atom. The maximum absolute atomic E-state index is 12.2. The summed E-state index contributed by atoms with van der Waals surface area (Å²) in [5.74, 6) is 0.183. The third-order valence-corrected chi connectivity index (χ3v) is 3.29. The maximum Gasteiger partial charge on any atom is 0.256 e. The van der Waals surface area contributed by atoms with Crippen molar-refractivity contribution in [1.82, 2.24) is 10.2 Å². The molecule has 2 rings (SSSR count). The molecule has 1 N–H and O–H groups in total. The molecule has 0 aliphatic carbocycles. The topological polar surface area (TPSA) is 41.6 Å². The highest BCUT2D eigenvalue weighted by Crippen LogP contribution is 2.24. The number of nitrogens with zero attached hydrogens (tertiary/aromatic N) is 1. The Morgan fingerprint density at radius 2 is 2.14 bits per heavy atom. The van der Waals surface area contributed by atoms with E-state index in [2.05, 4.69) is 5.32 Å². The highest BCUT2D eigenvalue weighted by molar-refractivity contribution is 5.86. The normalized spacial score (nSPS) is 32.5. The summed E-state index contributed by atoms with van der Waals surface area (Å²) >= 11 is 0. The van der Waals surface area contributed by atoms with Crippen LogP contribution < -0.4 is 5.32 Å². The zero-order valence-electron chi connectivity index (χ0n) is 8.71. The van der Waals surface area contributed by atoms with Crippen molar-refractivity contribution in [3.8, 4) is 0 Å². The van der Waals surface area contributed by atoms with Crippen LogP contribution in [0.15, 0.2) is 0 Å². The summed E-state index contributed by atoms with van der Waals surface area (Å²) in [5.41, 5.74) is -0.565. The number of nitrogens with one attached hydrogen (secondary N) is 1. The Labute approximate surface area is 84.6 Å². The predicted octanol–water partition coefficient (Wildman–Crippen LogP) is -0.0127. The van der Waals surface area contributed by atoms with Crippen molar-refractivity contribution in [3.63, 3.8) is 0 Å². The van der Waals surface area contributed by atoms with Gasteiger partial charge in [-0.15, -0.1) is 0 Å². The molecule has 4 nitrogen and oxygen atoms in total. The lowest BCUT2D eigenvalue weighted by atomic mass is 10.0. The van der Waals surface area contributed by atoms with E-state index < -0.39 is 5.60 Å². The number of hydrogen-bond acceptors (Lipinski definition) is 3. The van der Waals surface area contributed by atoms with Crippen LogP contribution in [0.3, 0.4) is 0 Å². The molecule has 2 fully saturated rings. The van der Waals surface area contributed by atoms with Gasteiger partial charge in [-0.3, -0.25) is 4.79 Å². The monoisotopic (exact) mass is 198 g/mol. The molecular weight excluding hydrogens is 180 g/mol. The zero-order chi connectivity index (χ0) is 10.0. The van der Waals surface area contributed by atoms with Crippen LogP contribution in [0.25, 0.3) is 0 Å². The average Bonchev–Trinajstić information content (AvgIpc) is 2.89. The van der Waals surface area contributed by atoms with E-state index >= 15 is 0 Å². The zero-order valence-corrected chi connectivity index (χ0v) is 8.71. The van der Waals surface area contributed by atoms with E-state index in [0.29, 0.717) is 6.54 Å². The molecular formula is C10H18N2O2. The third-order valence-electron chi connectivity index (χ3n) is 3.29. The molecule has 0 aromatic carbocycles. The molecule has 2 saturated heterocycles. The molecule has 1 unspecified atom stereocenters. The summed E-state index contributed by atoms with van der Waals surface area (Å²) in [6, 6.07) is 0. The van der Waals surface area contributed by atoms with E-state index in [1.165, 1.54) is 0 Å². The Bertz CT molecular complexity index is 218. The molecule has 0 bridgehead atoms. The Hall–Kier alpha value is -0.610. The molecule has 2 heterocycles. The number of ether oxygens (including phenoxy) is 1. The lowest BCUT2D eigenvalue weighted by molar-refractivity contribution is -0.151. The van der Waals surface area contributed by atoms with Gasteiger partial charge in [0.2, 0.25) is 0 Å². The third kappa shape index (κ3) is 1.53. The van der Waals surface area contributed by atoms with Gasteiger partial charge in [0.1, 0.15) is 0 Å². The van der Waals surface area contributed by atoms with Gasteiger partial charge in [-0.1, -0.05) is 0 Å². The Kier molecular flexibility index (Phi) is 2.74. The number of methoxy groups -OCH3 is 1. The first-order valence-corrected chi connectivity index (χ1v) is 5.34. The van der Waals surface area contributed by atoms with Crippen molar-refractivity contribution in [2.45, 2.75) is 24.9 Å². The molecule has 0 aromatic heterocycles. The second-order valence-corrected chi connectivity index (χ2v) is 4.12. The summed E-state index contributed by atoms with van der Waals surface area (Å²) in [5, 5.41) is 3.20. The molecule has 1 atom stereocenters. The maximum atomic E-state index is 12.2. The molecule has 4 heteroatoms. The van der Waals surface area contributed by atoms with Crippen LogP contribution in [0.4, 0.5) is 0 Å². The number of rotatable bonds is 2. The average molecular weight is 198 g/mol. The number of amides is 1. The molecule has 14 heavy (non-hydrogen) atoms. The first-order valence-electron chi connectivity index (χ1n) is 5.34. The van der Waals surface area contributed by atoms with Gasteiger partial charge in [-0.05, 0) is 25.8 Å². The molecule has 2 aliphatic heterocycles. The Balaban J connectivity index is 2.06. The van der Waals surface area contributed by atoms with Crippen LogP contribution in [0, 0.1) is 0 Å². The molecule has 0 radical (unpaired) electrons. The fourth-order valence-corrected chi connectivity index (χ4v) is 2.32. The summed E-state index contributed by atoms with van der Waals surface area (Å²) in [4.78, 5) is 14.1. The highest BCUT2D eigenvalue weighted by atomic mass is 16.5. The second-order valence-electron chi connectivity index (χ2n) is 4.12. The van der Waals surface area contributed by atoms with Crippen LogP contribution in [0.1, 0.15) is 19.3 Å². The SMILES string of the molecule is COC1(C(=O)N2CCCC2)CCNC1. The standard InChI is InChI=1S/C10H18N2O2/c1-14-10(4-5-11-8-10)9(13)12-6-2-3-7-12/h11H,2-8H2,1H3. The first-order chi connectivity index (χ1) is 6.78. The molecule has 80 valence electrons. The number of hydrogen-bond donors (Lipinski definition) is 1. The van der Waals surface area contributed by atoms with Crippen molar-refractivity contribution < 1.29 is 9.53 Å². The van der Waals surface area contributed by atoms with Crippen molar-refractivity contribution in [2.24, 2.45) is 0 Å². The lowest BCUT2D eigenvalue weighted by Gasteiger charge is -2.30. The smallest absolute Gasteiger partial charge is 0.256 e. The van der Waals surface area contributed by atoms with Crippen molar-refractivity contribution >= 4 is 5.91 Å². The van der Waals surface area contributed by atoms with E-state index in [-0.39, 0.29) is 5.91 Å². The van der Waals surface area contributed by atoms with Crippen LogP contribution in [-0.2, 0) is 9.53 Å². The first kappa shape index (κ1) is 9.93. The Morgan fingerprint density at radius 1 is 1.43 bits per heavy atom. The van der Waals surface area contributed by atoms with Gasteiger partial charge in [0.15, 0.2) is 5.60 Å². The second kappa shape index (κ2) is 3.87. The minimum Gasteiger partial charge on any atom is -0.367 e. The quantitative estimate of drug-likeness (QED) is 0.678. The fraction of sp³-hybridized carbons (Fsp3) is 0.900. The summed E-state index contributed by atoms with van der Waals surface area (Å²) in [6.07, 6.45) is 3.08. The van der Waals surface area contributed by atoms with E-state index in [1.807, 2.05) is 4.90 Å². The number of carbonyl (C=O) groups excluding carboxylic acids is 1. The highest BCUT2D eigenvalue weighted by Gasteiger charge is 2.44.